The molecule has 0 unspecified atom stereocenters. The Morgan fingerprint density at radius 2 is 2.05 bits per heavy atom. The molecule has 19 heavy (non-hydrogen) atoms. The van der Waals surface area contributed by atoms with Crippen LogP contribution in [0.3, 0.4) is 0 Å². The highest BCUT2D eigenvalue weighted by molar-refractivity contribution is 7.89. The molecular formula is C11H16N4O2S2. The highest BCUT2D eigenvalue weighted by atomic mass is 32.2. The molecule has 2 N–H and O–H groups in total. The maximum absolute atomic E-state index is 11.6. The third kappa shape index (κ3) is 2.85. The van der Waals surface area contributed by atoms with Gasteiger partial charge in [-0.05, 0) is 23.8 Å². The summed E-state index contributed by atoms with van der Waals surface area (Å²) >= 11 is 1.54. The van der Waals surface area contributed by atoms with Crippen molar-refractivity contribution in [3.8, 4) is 11.4 Å². The van der Waals surface area contributed by atoms with E-state index < -0.39 is 10.0 Å². The van der Waals surface area contributed by atoms with E-state index in [1.54, 1.807) is 15.9 Å². The molecule has 0 atom stereocenters. The summed E-state index contributed by atoms with van der Waals surface area (Å²) in [5.74, 6) is 0.811. The second-order valence-corrected chi connectivity index (χ2v) is 7.02. The molecule has 2 heterocycles. The zero-order chi connectivity index (χ0) is 14.2. The van der Waals surface area contributed by atoms with E-state index in [-0.39, 0.29) is 11.1 Å². The van der Waals surface area contributed by atoms with Gasteiger partial charge in [0.25, 0.3) is 15.2 Å². The summed E-state index contributed by atoms with van der Waals surface area (Å²) < 4.78 is 24.7. The molecule has 0 aliphatic rings. The first-order valence-corrected chi connectivity index (χ1v) is 8.28. The molecule has 6 nitrogen and oxygen atoms in total. The molecule has 0 saturated carbocycles. The van der Waals surface area contributed by atoms with Crippen LogP contribution >= 0.6 is 11.3 Å². The summed E-state index contributed by atoms with van der Waals surface area (Å²) in [6.07, 6.45) is 0. The molecule has 0 aliphatic heterocycles. The molecule has 0 aromatic carbocycles. The van der Waals surface area contributed by atoms with Crippen molar-refractivity contribution < 1.29 is 8.42 Å². The summed E-state index contributed by atoms with van der Waals surface area (Å²) in [6.45, 7) is 6.45. The quantitative estimate of drug-likeness (QED) is 0.928. The number of rotatable bonds is 4. The maximum Gasteiger partial charge on any atom is 0.273 e. The molecule has 0 radical (unpaired) electrons. The second kappa shape index (κ2) is 5.03. The fourth-order valence-corrected chi connectivity index (χ4v) is 3.27. The number of hydrogen-bond acceptors (Lipinski definition) is 5. The number of aryl methyl sites for hydroxylation is 1. The molecule has 0 amide bonds. The van der Waals surface area contributed by atoms with Gasteiger partial charge in [0.15, 0.2) is 5.82 Å². The van der Waals surface area contributed by atoms with Crippen LogP contribution < -0.4 is 5.14 Å². The zero-order valence-corrected chi connectivity index (χ0v) is 12.6. The number of aromatic nitrogens is 3. The van der Waals surface area contributed by atoms with Crippen LogP contribution in [0.1, 0.15) is 19.4 Å². The van der Waals surface area contributed by atoms with Crippen LogP contribution in [0.4, 0.5) is 0 Å². The van der Waals surface area contributed by atoms with Gasteiger partial charge in [0.2, 0.25) is 0 Å². The molecule has 2 aromatic rings. The minimum atomic E-state index is -3.87. The van der Waals surface area contributed by atoms with E-state index in [0.29, 0.717) is 12.4 Å². The standard InChI is InChI=1S/C11H16N4O2S2/c1-7(2)4-15-10(9-6-18-5-8(9)3)13-14-11(15)19(12,16)17/h5-7H,4H2,1-3H3,(H2,12,16,17). The van der Waals surface area contributed by atoms with Gasteiger partial charge in [0.05, 0.1) is 0 Å². The van der Waals surface area contributed by atoms with E-state index in [0.717, 1.165) is 11.1 Å². The molecule has 0 saturated heterocycles. The van der Waals surface area contributed by atoms with Gasteiger partial charge in [0.1, 0.15) is 0 Å². The number of nitrogens with two attached hydrogens (primary N) is 1. The third-order valence-corrected chi connectivity index (χ3v) is 4.29. The van der Waals surface area contributed by atoms with Gasteiger partial charge in [-0.1, -0.05) is 13.8 Å². The largest absolute Gasteiger partial charge is 0.296 e. The Bertz CT molecular complexity index is 685. The van der Waals surface area contributed by atoms with Crippen LogP contribution in [0.15, 0.2) is 15.9 Å². The van der Waals surface area contributed by atoms with Gasteiger partial charge in [-0.25, -0.2) is 13.6 Å². The summed E-state index contributed by atoms with van der Waals surface area (Å²) in [5.41, 5.74) is 1.94. The number of nitrogens with zero attached hydrogens (tertiary/aromatic N) is 3. The van der Waals surface area contributed by atoms with Crippen molar-refractivity contribution in [1.29, 1.82) is 0 Å². The van der Waals surface area contributed by atoms with E-state index >= 15 is 0 Å². The average Bonchev–Trinajstić information content (AvgIpc) is 2.82. The molecule has 104 valence electrons. The molecule has 8 heteroatoms. The number of hydrogen-bond donors (Lipinski definition) is 1. The highest BCUT2D eigenvalue weighted by Gasteiger charge is 2.23. The first kappa shape index (κ1) is 14.2. The van der Waals surface area contributed by atoms with Crippen molar-refractivity contribution in [2.45, 2.75) is 32.5 Å². The van der Waals surface area contributed by atoms with Crippen molar-refractivity contribution in [2.75, 3.05) is 0 Å². The lowest BCUT2D eigenvalue weighted by Crippen LogP contribution is -2.20. The summed E-state index contributed by atoms with van der Waals surface area (Å²) in [6, 6.07) is 0. The lowest BCUT2D eigenvalue weighted by atomic mass is 10.2. The normalized spacial score (nSPS) is 12.3. The molecule has 0 spiro atoms. The molecule has 0 fully saturated rings. The van der Waals surface area contributed by atoms with Gasteiger partial charge in [-0.3, -0.25) is 4.57 Å². The van der Waals surface area contributed by atoms with Crippen LogP contribution in [-0.4, -0.2) is 23.2 Å². The SMILES string of the molecule is Cc1cscc1-c1nnc(S(N)(=O)=O)n1CC(C)C. The lowest BCUT2D eigenvalue weighted by Gasteiger charge is -2.11. The average molecular weight is 300 g/mol. The van der Waals surface area contributed by atoms with Gasteiger partial charge in [-0.15, -0.1) is 10.2 Å². The Morgan fingerprint density at radius 1 is 1.37 bits per heavy atom. The van der Waals surface area contributed by atoms with Crippen LogP contribution in [0.5, 0.6) is 0 Å². The molecule has 2 aromatic heterocycles. The Balaban J connectivity index is 2.63. The summed E-state index contributed by atoms with van der Waals surface area (Å²) in [5, 5.41) is 16.7. The second-order valence-electron chi connectivity index (χ2n) is 4.82. The van der Waals surface area contributed by atoms with Gasteiger partial charge in [0, 0.05) is 17.5 Å². The predicted molar refractivity (Wildman–Crippen MR) is 74.3 cm³/mol. The predicted octanol–water partition coefficient (Wildman–Crippen LogP) is 1.62. The van der Waals surface area contributed by atoms with Crippen LogP contribution in [0.2, 0.25) is 0 Å². The third-order valence-electron chi connectivity index (χ3n) is 2.62. The van der Waals surface area contributed by atoms with Crippen LogP contribution in [-0.2, 0) is 16.6 Å². The van der Waals surface area contributed by atoms with Crippen molar-refractivity contribution in [3.05, 3.63) is 16.3 Å². The van der Waals surface area contributed by atoms with Crippen LogP contribution in [0.25, 0.3) is 11.4 Å². The Morgan fingerprint density at radius 3 is 2.53 bits per heavy atom. The number of sulfonamides is 1. The molecule has 0 bridgehead atoms. The molecule has 0 aliphatic carbocycles. The maximum atomic E-state index is 11.6. The number of thiophene rings is 1. The van der Waals surface area contributed by atoms with Crippen molar-refractivity contribution in [3.63, 3.8) is 0 Å². The monoisotopic (exact) mass is 300 g/mol. The fourth-order valence-electron chi connectivity index (χ4n) is 1.82. The van der Waals surface area contributed by atoms with Gasteiger partial charge >= 0.3 is 0 Å². The number of primary sulfonamides is 1. The van der Waals surface area contributed by atoms with Crippen molar-refractivity contribution >= 4 is 21.4 Å². The van der Waals surface area contributed by atoms with Gasteiger partial charge < -0.3 is 0 Å². The van der Waals surface area contributed by atoms with E-state index in [1.807, 2.05) is 31.5 Å². The summed E-state index contributed by atoms with van der Waals surface area (Å²) in [4.78, 5) is 0. The van der Waals surface area contributed by atoms with E-state index in [2.05, 4.69) is 10.2 Å². The van der Waals surface area contributed by atoms with Crippen molar-refractivity contribution in [2.24, 2.45) is 11.1 Å². The van der Waals surface area contributed by atoms with E-state index in [1.165, 1.54) is 0 Å². The van der Waals surface area contributed by atoms with Crippen molar-refractivity contribution in [1.82, 2.24) is 14.8 Å². The van der Waals surface area contributed by atoms with Gasteiger partial charge in [-0.2, -0.15) is 11.3 Å². The zero-order valence-electron chi connectivity index (χ0n) is 11.0. The first-order chi connectivity index (χ1) is 8.80. The Kier molecular flexibility index (Phi) is 3.75. The highest BCUT2D eigenvalue weighted by Crippen LogP contribution is 2.27. The first-order valence-electron chi connectivity index (χ1n) is 5.80. The molecular weight excluding hydrogens is 284 g/mol. The topological polar surface area (TPSA) is 90.9 Å². The van der Waals surface area contributed by atoms with Crippen LogP contribution in [0, 0.1) is 12.8 Å². The van der Waals surface area contributed by atoms with E-state index in [9.17, 15) is 8.42 Å². The Hall–Kier alpha value is -1.25. The fraction of sp³-hybridized carbons (Fsp3) is 0.455. The smallest absolute Gasteiger partial charge is 0.273 e. The van der Waals surface area contributed by atoms with E-state index in [4.69, 9.17) is 5.14 Å². The lowest BCUT2D eigenvalue weighted by molar-refractivity contribution is 0.486. The minimum Gasteiger partial charge on any atom is -0.296 e. The Labute approximate surface area is 116 Å². The summed E-state index contributed by atoms with van der Waals surface area (Å²) in [7, 11) is -3.87. The molecule has 2 rings (SSSR count). The minimum absolute atomic E-state index is 0.179.